The molecule has 0 unspecified atom stereocenters. The average molecular weight is 340 g/mol. The van der Waals surface area contributed by atoms with Crippen LogP contribution in [0.2, 0.25) is 0 Å². The minimum absolute atomic E-state index is 0.104. The Kier molecular flexibility index (Phi) is 3.83. The number of nitrogens with zero attached hydrogens (tertiary/aromatic N) is 3. The highest BCUT2D eigenvalue weighted by molar-refractivity contribution is 7.80. The molecule has 0 radical (unpaired) electrons. The standard InChI is InChI=1S/C19H24N4S/c1-4-22-18(15-11-12(2)23(13(15)3)14-8-9-14)17(21-19(22)24)16-7-5-6-10-20-16/h5-7,10-11,14,17-18H,4,8-9H2,1-3H3,(H,21,24)/t17-,18+/m1/s1. The number of nitrogens with one attached hydrogen (secondary N) is 1. The summed E-state index contributed by atoms with van der Waals surface area (Å²) in [4.78, 5) is 6.89. The zero-order valence-electron chi connectivity index (χ0n) is 14.5. The van der Waals surface area contributed by atoms with Crippen LogP contribution in [0.15, 0.2) is 30.5 Å². The second-order valence-electron chi connectivity index (χ2n) is 6.84. The van der Waals surface area contributed by atoms with E-state index in [2.05, 4.69) is 52.7 Å². The monoisotopic (exact) mass is 340 g/mol. The van der Waals surface area contributed by atoms with Crippen LogP contribution in [0.4, 0.5) is 0 Å². The van der Waals surface area contributed by atoms with E-state index in [1.54, 1.807) is 0 Å². The second-order valence-corrected chi connectivity index (χ2v) is 7.23. The van der Waals surface area contributed by atoms with E-state index in [0.717, 1.165) is 17.4 Å². The molecule has 0 aromatic carbocycles. The summed E-state index contributed by atoms with van der Waals surface area (Å²) in [6.45, 7) is 7.54. The van der Waals surface area contributed by atoms with Crippen LogP contribution < -0.4 is 5.32 Å². The quantitative estimate of drug-likeness (QED) is 0.858. The van der Waals surface area contributed by atoms with Gasteiger partial charge >= 0.3 is 0 Å². The van der Waals surface area contributed by atoms with E-state index in [1.165, 1.54) is 29.8 Å². The first kappa shape index (κ1) is 15.6. The Bertz CT molecular complexity index is 763. The number of pyridine rings is 1. The Hall–Kier alpha value is -1.88. The summed E-state index contributed by atoms with van der Waals surface area (Å²) in [6.07, 6.45) is 4.47. The van der Waals surface area contributed by atoms with E-state index < -0.39 is 0 Å². The molecule has 1 saturated heterocycles. The molecule has 0 amide bonds. The van der Waals surface area contributed by atoms with Crippen molar-refractivity contribution in [3.8, 4) is 0 Å². The largest absolute Gasteiger partial charge is 0.352 e. The van der Waals surface area contributed by atoms with Gasteiger partial charge in [0.1, 0.15) is 0 Å². The topological polar surface area (TPSA) is 33.1 Å². The van der Waals surface area contributed by atoms with Gasteiger partial charge in [0, 0.05) is 30.2 Å². The maximum Gasteiger partial charge on any atom is 0.170 e. The van der Waals surface area contributed by atoms with Gasteiger partial charge in [-0.1, -0.05) is 6.07 Å². The van der Waals surface area contributed by atoms with Crippen molar-refractivity contribution in [2.75, 3.05) is 6.54 Å². The van der Waals surface area contributed by atoms with Crippen molar-refractivity contribution in [2.45, 2.75) is 51.7 Å². The van der Waals surface area contributed by atoms with E-state index in [4.69, 9.17) is 12.2 Å². The fraction of sp³-hybridized carbons (Fsp3) is 0.474. The van der Waals surface area contributed by atoms with Crippen LogP contribution in [0.5, 0.6) is 0 Å². The fourth-order valence-corrected chi connectivity index (χ4v) is 4.45. The summed E-state index contributed by atoms with van der Waals surface area (Å²) in [5.74, 6) is 0. The van der Waals surface area contributed by atoms with Gasteiger partial charge in [0.25, 0.3) is 0 Å². The lowest BCUT2D eigenvalue weighted by Crippen LogP contribution is -2.29. The van der Waals surface area contributed by atoms with Crippen LogP contribution in [0.1, 0.15) is 60.5 Å². The first-order chi connectivity index (χ1) is 11.6. The van der Waals surface area contributed by atoms with Gasteiger partial charge in [-0.05, 0) is 69.6 Å². The number of likely N-dealkylation sites (N-methyl/N-ethyl adjacent to an activating group) is 1. The van der Waals surface area contributed by atoms with Gasteiger partial charge in [0.05, 0.1) is 17.8 Å². The first-order valence-corrected chi connectivity index (χ1v) is 9.19. The molecule has 1 saturated carbocycles. The van der Waals surface area contributed by atoms with E-state index in [9.17, 15) is 0 Å². The normalized spacial score (nSPS) is 23.6. The smallest absolute Gasteiger partial charge is 0.170 e. The van der Waals surface area contributed by atoms with Crippen molar-refractivity contribution < 1.29 is 0 Å². The SMILES string of the molecule is CCN1C(=S)N[C@H](c2ccccn2)[C@@H]1c1cc(C)n(C2CC2)c1C. The zero-order valence-corrected chi connectivity index (χ0v) is 15.3. The van der Waals surface area contributed by atoms with Gasteiger partial charge in [-0.2, -0.15) is 0 Å². The van der Waals surface area contributed by atoms with Crippen molar-refractivity contribution in [1.29, 1.82) is 0 Å². The maximum absolute atomic E-state index is 5.62. The lowest BCUT2D eigenvalue weighted by molar-refractivity contribution is 0.329. The van der Waals surface area contributed by atoms with Crippen LogP contribution in [-0.2, 0) is 0 Å². The molecule has 3 heterocycles. The predicted molar refractivity (Wildman–Crippen MR) is 100 cm³/mol. The molecule has 2 aromatic heterocycles. The molecule has 1 N–H and O–H groups in total. The summed E-state index contributed by atoms with van der Waals surface area (Å²) in [5.41, 5.74) is 5.17. The highest BCUT2D eigenvalue weighted by atomic mass is 32.1. The van der Waals surface area contributed by atoms with Crippen LogP contribution >= 0.6 is 12.2 Å². The van der Waals surface area contributed by atoms with E-state index in [0.29, 0.717) is 6.04 Å². The van der Waals surface area contributed by atoms with Gasteiger partial charge in [-0.25, -0.2) is 0 Å². The maximum atomic E-state index is 5.62. The summed E-state index contributed by atoms with van der Waals surface area (Å²) < 4.78 is 2.51. The van der Waals surface area contributed by atoms with Crippen LogP contribution in [0.25, 0.3) is 0 Å². The van der Waals surface area contributed by atoms with E-state index in [1.807, 2.05) is 18.3 Å². The van der Waals surface area contributed by atoms with Gasteiger partial charge < -0.3 is 14.8 Å². The van der Waals surface area contributed by atoms with Gasteiger partial charge in [0.2, 0.25) is 0 Å². The molecule has 1 aliphatic carbocycles. The van der Waals surface area contributed by atoms with Crippen LogP contribution in [-0.4, -0.2) is 26.1 Å². The van der Waals surface area contributed by atoms with Crippen molar-refractivity contribution in [3.05, 3.63) is 53.1 Å². The number of hydrogen-bond donors (Lipinski definition) is 1. The molecule has 1 aliphatic heterocycles. The van der Waals surface area contributed by atoms with E-state index >= 15 is 0 Å². The third-order valence-corrected chi connectivity index (χ3v) is 5.64. The molecule has 24 heavy (non-hydrogen) atoms. The highest BCUT2D eigenvalue weighted by Gasteiger charge is 2.41. The predicted octanol–water partition coefficient (Wildman–Crippen LogP) is 3.83. The molecular formula is C19H24N4S. The van der Waals surface area contributed by atoms with Gasteiger partial charge in [-0.15, -0.1) is 0 Å². The Morgan fingerprint density at radius 2 is 2.08 bits per heavy atom. The van der Waals surface area contributed by atoms with Crippen molar-refractivity contribution in [3.63, 3.8) is 0 Å². The molecule has 4 rings (SSSR count). The molecule has 4 nitrogen and oxygen atoms in total. The third kappa shape index (κ3) is 2.42. The molecular weight excluding hydrogens is 316 g/mol. The minimum Gasteiger partial charge on any atom is -0.352 e. The van der Waals surface area contributed by atoms with Gasteiger partial charge in [0.15, 0.2) is 5.11 Å². The first-order valence-electron chi connectivity index (χ1n) is 8.78. The number of aryl methyl sites for hydroxylation is 1. The molecule has 2 aromatic rings. The van der Waals surface area contributed by atoms with E-state index in [-0.39, 0.29) is 12.1 Å². The number of rotatable bonds is 4. The Balaban J connectivity index is 1.80. The van der Waals surface area contributed by atoms with Crippen molar-refractivity contribution in [2.24, 2.45) is 0 Å². The number of hydrogen-bond acceptors (Lipinski definition) is 2. The molecule has 0 spiro atoms. The summed E-state index contributed by atoms with van der Waals surface area (Å²) >= 11 is 5.62. The minimum atomic E-state index is 0.104. The molecule has 126 valence electrons. The molecule has 0 bridgehead atoms. The lowest BCUT2D eigenvalue weighted by atomic mass is 9.97. The van der Waals surface area contributed by atoms with Crippen LogP contribution in [0.3, 0.4) is 0 Å². The average Bonchev–Trinajstić information content (AvgIpc) is 3.29. The fourth-order valence-electron chi connectivity index (χ4n) is 4.08. The number of thiocarbonyl (C=S) groups is 1. The summed E-state index contributed by atoms with van der Waals surface area (Å²) in [5, 5.41) is 4.33. The lowest BCUT2D eigenvalue weighted by Gasteiger charge is -2.27. The molecule has 2 atom stereocenters. The van der Waals surface area contributed by atoms with Crippen molar-refractivity contribution >= 4 is 17.3 Å². The summed E-state index contributed by atoms with van der Waals surface area (Å²) in [7, 11) is 0. The highest BCUT2D eigenvalue weighted by Crippen LogP contribution is 2.44. The zero-order chi connectivity index (χ0) is 16.8. The summed E-state index contributed by atoms with van der Waals surface area (Å²) in [6, 6.07) is 9.46. The number of aromatic nitrogens is 2. The molecule has 5 heteroatoms. The molecule has 2 aliphatic rings. The third-order valence-electron chi connectivity index (χ3n) is 5.29. The Labute approximate surface area is 148 Å². The second kappa shape index (κ2) is 5.88. The Morgan fingerprint density at radius 1 is 1.29 bits per heavy atom. The molecule has 2 fully saturated rings. The van der Waals surface area contributed by atoms with Crippen molar-refractivity contribution in [1.82, 2.24) is 19.8 Å². The van der Waals surface area contributed by atoms with Gasteiger partial charge in [-0.3, -0.25) is 4.98 Å². The van der Waals surface area contributed by atoms with Crippen LogP contribution in [0, 0.1) is 13.8 Å². The Morgan fingerprint density at radius 3 is 2.71 bits per heavy atom.